The van der Waals surface area contributed by atoms with Gasteiger partial charge in [0.15, 0.2) is 11.7 Å². The van der Waals surface area contributed by atoms with Crippen LogP contribution >= 0.6 is 11.3 Å². The molecule has 2 aromatic carbocycles. The van der Waals surface area contributed by atoms with Crippen molar-refractivity contribution >= 4 is 33.8 Å². The summed E-state index contributed by atoms with van der Waals surface area (Å²) in [5.74, 6) is 0.332. The van der Waals surface area contributed by atoms with Crippen LogP contribution in [-0.4, -0.2) is 24.0 Å². The summed E-state index contributed by atoms with van der Waals surface area (Å²) in [5, 5.41) is 5.41. The van der Waals surface area contributed by atoms with Crippen molar-refractivity contribution in [3.63, 3.8) is 0 Å². The van der Waals surface area contributed by atoms with Gasteiger partial charge in [-0.2, -0.15) is 13.2 Å². The van der Waals surface area contributed by atoms with Gasteiger partial charge in [0, 0.05) is 29.4 Å². The molecule has 0 fully saturated rings. The Hall–Kier alpha value is -3.07. The number of ether oxygens (including phenoxy) is 1. The Labute approximate surface area is 168 Å². The minimum absolute atomic E-state index is 0.0550. The topological polar surface area (TPSA) is 54.5 Å². The number of carbonyl (C=O) groups excluding carboxylic acids is 1. The molecule has 3 aromatic rings. The minimum Gasteiger partial charge on any atom is -0.482 e. The van der Waals surface area contributed by atoms with Gasteiger partial charge in [-0.15, -0.1) is 11.3 Å². The summed E-state index contributed by atoms with van der Waals surface area (Å²) in [5.41, 5.74) is 1.16. The number of thiazole rings is 1. The Bertz CT molecular complexity index is 1050. The summed E-state index contributed by atoms with van der Waals surface area (Å²) < 4.78 is 45.4. The number of anilines is 3. The van der Waals surface area contributed by atoms with E-state index < -0.39 is 11.7 Å². The van der Waals surface area contributed by atoms with E-state index in [2.05, 4.69) is 10.3 Å². The Balaban J connectivity index is 1.84. The van der Waals surface area contributed by atoms with E-state index in [0.29, 0.717) is 39.9 Å². The van der Waals surface area contributed by atoms with Gasteiger partial charge in [0.2, 0.25) is 0 Å². The van der Waals surface area contributed by atoms with Gasteiger partial charge < -0.3 is 15.0 Å². The smallest absolute Gasteiger partial charge is 0.416 e. The first-order valence-electron chi connectivity index (χ1n) is 8.82. The monoisotopic (exact) mass is 419 g/mol. The number of fused-ring (bicyclic) bond motifs is 1. The first-order valence-corrected chi connectivity index (χ1v) is 9.70. The quantitative estimate of drug-likeness (QED) is 0.622. The molecule has 1 amide bonds. The summed E-state index contributed by atoms with van der Waals surface area (Å²) in [6, 6.07) is 8.55. The number of carbonyl (C=O) groups is 1. The van der Waals surface area contributed by atoms with Crippen molar-refractivity contribution in [1.29, 1.82) is 0 Å². The number of halogens is 3. The number of rotatable bonds is 4. The second-order valence-electron chi connectivity index (χ2n) is 6.33. The van der Waals surface area contributed by atoms with Gasteiger partial charge in [0.25, 0.3) is 5.91 Å². The molecule has 5 nitrogen and oxygen atoms in total. The fourth-order valence-electron chi connectivity index (χ4n) is 3.19. The average molecular weight is 419 g/mol. The van der Waals surface area contributed by atoms with Gasteiger partial charge >= 0.3 is 6.18 Å². The van der Waals surface area contributed by atoms with E-state index in [0.717, 1.165) is 12.1 Å². The maximum atomic E-state index is 13.3. The molecule has 0 radical (unpaired) electrons. The predicted octanol–water partition coefficient (Wildman–Crippen LogP) is 5.32. The zero-order chi connectivity index (χ0) is 20.6. The number of benzene rings is 2. The number of hydrogen-bond acceptors (Lipinski definition) is 5. The maximum absolute atomic E-state index is 13.3. The Kier molecular flexibility index (Phi) is 4.91. The summed E-state index contributed by atoms with van der Waals surface area (Å²) in [6.07, 6.45) is -2.87. The number of amides is 1. The fraction of sp³-hybridized carbons (Fsp3) is 0.200. The fourth-order valence-corrected chi connectivity index (χ4v) is 3.73. The molecule has 0 aliphatic carbocycles. The lowest BCUT2D eigenvalue weighted by atomic mass is 9.99. The molecule has 0 bridgehead atoms. The summed E-state index contributed by atoms with van der Waals surface area (Å²) in [4.78, 5) is 17.8. The van der Waals surface area contributed by atoms with Crippen LogP contribution in [0.3, 0.4) is 0 Å². The number of aromatic nitrogens is 1. The van der Waals surface area contributed by atoms with Crippen molar-refractivity contribution in [2.45, 2.75) is 13.1 Å². The highest BCUT2D eigenvalue weighted by molar-refractivity contribution is 7.13. The van der Waals surface area contributed by atoms with Crippen LogP contribution in [0.5, 0.6) is 5.75 Å². The van der Waals surface area contributed by atoms with E-state index in [-0.39, 0.29) is 12.5 Å². The van der Waals surface area contributed by atoms with Crippen molar-refractivity contribution in [1.82, 2.24) is 4.98 Å². The normalized spacial score (nSPS) is 13.8. The van der Waals surface area contributed by atoms with Crippen LogP contribution in [0.4, 0.5) is 29.7 Å². The summed E-state index contributed by atoms with van der Waals surface area (Å²) >= 11 is 1.34. The van der Waals surface area contributed by atoms with Gasteiger partial charge in [-0.25, -0.2) is 4.98 Å². The molecule has 29 heavy (non-hydrogen) atoms. The molecule has 0 unspecified atom stereocenters. The molecular weight excluding hydrogens is 403 g/mol. The van der Waals surface area contributed by atoms with E-state index in [1.807, 2.05) is 6.92 Å². The molecule has 0 saturated carbocycles. The first-order chi connectivity index (χ1) is 13.9. The minimum atomic E-state index is -4.47. The third kappa shape index (κ3) is 3.77. The third-order valence-electron chi connectivity index (χ3n) is 4.55. The first kappa shape index (κ1) is 19.3. The van der Waals surface area contributed by atoms with Gasteiger partial charge in [-0.05, 0) is 42.8 Å². The van der Waals surface area contributed by atoms with Gasteiger partial charge in [-0.3, -0.25) is 4.79 Å². The highest BCUT2D eigenvalue weighted by Crippen LogP contribution is 2.41. The zero-order valence-electron chi connectivity index (χ0n) is 15.3. The Morgan fingerprint density at radius 1 is 1.24 bits per heavy atom. The molecule has 1 aliphatic heterocycles. The van der Waals surface area contributed by atoms with Crippen molar-refractivity contribution in [3.8, 4) is 16.9 Å². The van der Waals surface area contributed by atoms with Crippen LogP contribution in [0.15, 0.2) is 48.0 Å². The standard InChI is InChI=1S/C20H16F3N3O2S/c1-2-26-16-9-12(3-6-17(16)28-11-18(26)27)14-10-13(20(21,22)23)4-5-15(14)25-19-24-7-8-29-19/h3-10H,2,11H2,1H3,(H,24,25). The Morgan fingerprint density at radius 3 is 2.76 bits per heavy atom. The lowest BCUT2D eigenvalue weighted by Gasteiger charge is -2.29. The van der Waals surface area contributed by atoms with E-state index in [4.69, 9.17) is 4.74 Å². The lowest BCUT2D eigenvalue weighted by molar-refractivity contribution is -0.137. The molecule has 1 aromatic heterocycles. The molecular formula is C20H16F3N3O2S. The van der Waals surface area contributed by atoms with Crippen LogP contribution in [0, 0.1) is 0 Å². The van der Waals surface area contributed by atoms with Crippen molar-refractivity contribution in [2.24, 2.45) is 0 Å². The summed E-state index contributed by atoms with van der Waals surface area (Å²) in [7, 11) is 0. The molecule has 0 saturated heterocycles. The number of likely N-dealkylation sites (N-methyl/N-ethyl adjacent to an activating group) is 1. The second-order valence-corrected chi connectivity index (χ2v) is 7.22. The average Bonchev–Trinajstić information content (AvgIpc) is 3.20. The van der Waals surface area contributed by atoms with E-state index in [1.54, 1.807) is 34.7 Å². The van der Waals surface area contributed by atoms with E-state index in [1.165, 1.54) is 17.4 Å². The van der Waals surface area contributed by atoms with Gasteiger partial charge in [-0.1, -0.05) is 6.07 Å². The molecule has 4 rings (SSSR count). The van der Waals surface area contributed by atoms with Crippen LogP contribution < -0.4 is 15.0 Å². The van der Waals surface area contributed by atoms with Crippen LogP contribution in [-0.2, 0) is 11.0 Å². The number of alkyl halides is 3. The van der Waals surface area contributed by atoms with Crippen LogP contribution in [0.2, 0.25) is 0 Å². The van der Waals surface area contributed by atoms with Crippen LogP contribution in [0.25, 0.3) is 11.1 Å². The highest BCUT2D eigenvalue weighted by atomic mass is 32.1. The van der Waals surface area contributed by atoms with Crippen molar-refractivity contribution in [2.75, 3.05) is 23.4 Å². The predicted molar refractivity (Wildman–Crippen MR) is 106 cm³/mol. The molecule has 9 heteroatoms. The zero-order valence-corrected chi connectivity index (χ0v) is 16.1. The number of nitrogens with zero attached hydrogens (tertiary/aromatic N) is 2. The van der Waals surface area contributed by atoms with Crippen LogP contribution in [0.1, 0.15) is 12.5 Å². The van der Waals surface area contributed by atoms with Crippen molar-refractivity contribution in [3.05, 3.63) is 53.5 Å². The van der Waals surface area contributed by atoms with E-state index in [9.17, 15) is 18.0 Å². The molecule has 0 spiro atoms. The van der Waals surface area contributed by atoms with Crippen molar-refractivity contribution < 1.29 is 22.7 Å². The second kappa shape index (κ2) is 7.40. The largest absolute Gasteiger partial charge is 0.482 e. The highest BCUT2D eigenvalue weighted by Gasteiger charge is 2.31. The SMILES string of the molecule is CCN1C(=O)COc2ccc(-c3cc(C(F)(F)F)ccc3Nc3nccs3)cc21. The third-order valence-corrected chi connectivity index (χ3v) is 5.24. The van der Waals surface area contributed by atoms with Gasteiger partial charge in [0.05, 0.1) is 11.3 Å². The number of hydrogen-bond donors (Lipinski definition) is 1. The maximum Gasteiger partial charge on any atom is 0.416 e. The molecule has 0 atom stereocenters. The van der Waals surface area contributed by atoms with E-state index >= 15 is 0 Å². The molecule has 1 aliphatic rings. The Morgan fingerprint density at radius 2 is 2.07 bits per heavy atom. The summed E-state index contributed by atoms with van der Waals surface area (Å²) in [6.45, 7) is 2.21. The molecule has 2 heterocycles. The molecule has 150 valence electrons. The molecule has 1 N–H and O–H groups in total. The lowest BCUT2D eigenvalue weighted by Crippen LogP contribution is -2.38. The van der Waals surface area contributed by atoms with Gasteiger partial charge in [0.1, 0.15) is 5.75 Å². The number of nitrogens with one attached hydrogen (secondary N) is 1.